The Morgan fingerprint density at radius 1 is 0.867 bits per heavy atom. The summed E-state index contributed by atoms with van der Waals surface area (Å²) in [5.41, 5.74) is 2.71. The monoisotopic (exact) mass is 403 g/mol. The van der Waals surface area contributed by atoms with Gasteiger partial charge in [0.05, 0.1) is 25.5 Å². The van der Waals surface area contributed by atoms with Crippen LogP contribution in [0.2, 0.25) is 0 Å². The van der Waals surface area contributed by atoms with Gasteiger partial charge in [-0.2, -0.15) is 0 Å². The Bertz CT molecular complexity index is 1090. The third-order valence-electron chi connectivity index (χ3n) is 4.45. The zero-order valence-electron chi connectivity index (χ0n) is 16.6. The van der Waals surface area contributed by atoms with Gasteiger partial charge in [0.15, 0.2) is 11.5 Å². The maximum absolute atomic E-state index is 12.4. The minimum Gasteiger partial charge on any atom is -0.493 e. The molecule has 2 N–H and O–H groups in total. The average molecular weight is 403 g/mol. The number of carbonyl (C=O) groups is 2. The molecule has 0 atom stereocenters. The number of amides is 1. The van der Waals surface area contributed by atoms with Gasteiger partial charge in [-0.3, -0.25) is 4.79 Å². The van der Waals surface area contributed by atoms with Gasteiger partial charge in [-0.15, -0.1) is 0 Å². The highest BCUT2D eigenvalue weighted by Gasteiger charge is 2.13. The van der Waals surface area contributed by atoms with Crippen LogP contribution in [0.15, 0.2) is 72.8 Å². The van der Waals surface area contributed by atoms with E-state index in [1.807, 2.05) is 30.3 Å². The Hall–Kier alpha value is -4.06. The predicted molar refractivity (Wildman–Crippen MR) is 116 cm³/mol. The van der Waals surface area contributed by atoms with Crippen LogP contribution in [0, 0.1) is 0 Å². The number of carboxylic acid groups (broad SMARTS) is 1. The highest BCUT2D eigenvalue weighted by molar-refractivity contribution is 6.06. The lowest BCUT2D eigenvalue weighted by molar-refractivity contribution is -0.111. The average Bonchev–Trinajstić information content (AvgIpc) is 2.77. The summed E-state index contributed by atoms with van der Waals surface area (Å²) in [4.78, 5) is 24.0. The van der Waals surface area contributed by atoms with Crippen LogP contribution in [0.3, 0.4) is 0 Å². The van der Waals surface area contributed by atoms with Gasteiger partial charge in [0, 0.05) is 6.08 Å². The highest BCUT2D eigenvalue weighted by atomic mass is 16.5. The molecule has 0 aromatic heterocycles. The summed E-state index contributed by atoms with van der Waals surface area (Å²) in [6.45, 7) is 0. The van der Waals surface area contributed by atoms with Crippen molar-refractivity contribution in [2.24, 2.45) is 0 Å². The molecule has 0 saturated heterocycles. The zero-order valence-corrected chi connectivity index (χ0v) is 16.6. The number of hydrogen-bond donors (Lipinski definition) is 2. The van der Waals surface area contributed by atoms with E-state index in [2.05, 4.69) is 5.32 Å². The van der Waals surface area contributed by atoms with Crippen molar-refractivity contribution in [3.8, 4) is 22.6 Å². The quantitative estimate of drug-likeness (QED) is 0.558. The molecule has 1 amide bonds. The Morgan fingerprint density at radius 3 is 2.27 bits per heavy atom. The number of rotatable bonds is 7. The van der Waals surface area contributed by atoms with Crippen molar-refractivity contribution >= 4 is 23.6 Å². The van der Waals surface area contributed by atoms with E-state index in [9.17, 15) is 14.7 Å². The van der Waals surface area contributed by atoms with Gasteiger partial charge in [-0.1, -0.05) is 42.5 Å². The van der Waals surface area contributed by atoms with E-state index in [0.29, 0.717) is 11.5 Å². The van der Waals surface area contributed by atoms with Crippen LogP contribution in [0.4, 0.5) is 5.69 Å². The minimum atomic E-state index is -1.12. The largest absolute Gasteiger partial charge is 0.493 e. The molecule has 0 aliphatic carbocycles. The normalized spacial score (nSPS) is 10.6. The number of benzene rings is 3. The van der Waals surface area contributed by atoms with Crippen LogP contribution in [-0.2, 0) is 4.79 Å². The molecule has 3 aromatic rings. The number of ether oxygens (including phenoxy) is 2. The molecule has 6 heteroatoms. The van der Waals surface area contributed by atoms with Crippen molar-refractivity contribution in [2.45, 2.75) is 0 Å². The number of hydrogen-bond acceptors (Lipinski definition) is 4. The number of aromatic carboxylic acids is 1. The lowest BCUT2D eigenvalue weighted by Gasteiger charge is -2.10. The van der Waals surface area contributed by atoms with Crippen LogP contribution < -0.4 is 14.8 Å². The molecule has 30 heavy (non-hydrogen) atoms. The van der Waals surface area contributed by atoms with Crippen molar-refractivity contribution in [3.63, 3.8) is 0 Å². The number of carbonyl (C=O) groups excluding carboxylic acids is 1. The van der Waals surface area contributed by atoms with E-state index in [1.54, 1.807) is 43.5 Å². The Morgan fingerprint density at radius 2 is 1.60 bits per heavy atom. The molecular formula is C24H21NO5. The van der Waals surface area contributed by atoms with Crippen molar-refractivity contribution in [1.82, 2.24) is 0 Å². The SMILES string of the molecule is COc1ccc(/C=C/C(=O)Nc2cc(-c3ccccc3)ccc2C(=O)O)cc1OC. The molecule has 0 radical (unpaired) electrons. The van der Waals surface area contributed by atoms with Crippen molar-refractivity contribution < 1.29 is 24.2 Å². The Kier molecular flexibility index (Phi) is 6.49. The van der Waals surface area contributed by atoms with E-state index in [0.717, 1.165) is 16.7 Å². The second kappa shape index (κ2) is 9.43. The van der Waals surface area contributed by atoms with Crippen molar-refractivity contribution in [1.29, 1.82) is 0 Å². The highest BCUT2D eigenvalue weighted by Crippen LogP contribution is 2.28. The van der Waals surface area contributed by atoms with Gasteiger partial charge in [0.2, 0.25) is 5.91 Å². The minimum absolute atomic E-state index is 0.0162. The first-order valence-corrected chi connectivity index (χ1v) is 9.15. The van der Waals surface area contributed by atoms with Gasteiger partial charge in [0.1, 0.15) is 0 Å². The summed E-state index contributed by atoms with van der Waals surface area (Å²) in [7, 11) is 3.08. The molecule has 152 valence electrons. The van der Waals surface area contributed by atoms with Gasteiger partial charge >= 0.3 is 5.97 Å². The predicted octanol–water partition coefficient (Wildman–Crippen LogP) is 4.72. The van der Waals surface area contributed by atoms with Gasteiger partial charge in [-0.25, -0.2) is 4.79 Å². The zero-order chi connectivity index (χ0) is 21.5. The Balaban J connectivity index is 1.83. The fourth-order valence-electron chi connectivity index (χ4n) is 2.95. The smallest absolute Gasteiger partial charge is 0.337 e. The number of methoxy groups -OCH3 is 2. The second-order valence-electron chi connectivity index (χ2n) is 6.37. The van der Waals surface area contributed by atoms with Gasteiger partial charge in [-0.05, 0) is 47.0 Å². The van der Waals surface area contributed by atoms with Crippen LogP contribution in [0.1, 0.15) is 15.9 Å². The molecule has 0 aliphatic rings. The maximum Gasteiger partial charge on any atom is 0.337 e. The molecule has 0 fully saturated rings. The molecule has 0 saturated carbocycles. The fourth-order valence-corrected chi connectivity index (χ4v) is 2.95. The number of nitrogens with one attached hydrogen (secondary N) is 1. The number of anilines is 1. The molecule has 0 heterocycles. The lowest BCUT2D eigenvalue weighted by Crippen LogP contribution is -2.12. The van der Waals surface area contributed by atoms with Crippen LogP contribution in [0.25, 0.3) is 17.2 Å². The summed E-state index contributed by atoms with van der Waals surface area (Å²) in [6.07, 6.45) is 2.95. The summed E-state index contributed by atoms with van der Waals surface area (Å²) in [6, 6.07) is 19.6. The standard InChI is InChI=1S/C24H21NO5/c1-29-21-12-8-16(14-22(21)30-2)9-13-23(26)25-20-15-18(10-11-19(20)24(27)28)17-6-4-3-5-7-17/h3-15H,1-2H3,(H,25,26)(H,27,28)/b13-9+. The van der Waals surface area contributed by atoms with Crippen LogP contribution >= 0.6 is 0 Å². The molecule has 0 unspecified atom stereocenters. The first kappa shape index (κ1) is 20.7. The summed E-state index contributed by atoms with van der Waals surface area (Å²) < 4.78 is 10.4. The molecule has 3 aromatic carbocycles. The first-order valence-electron chi connectivity index (χ1n) is 9.15. The van der Waals surface area contributed by atoms with Gasteiger partial charge in [0.25, 0.3) is 0 Å². The topological polar surface area (TPSA) is 84.9 Å². The molecule has 0 bridgehead atoms. The van der Waals surface area contributed by atoms with Crippen LogP contribution in [0.5, 0.6) is 11.5 Å². The van der Waals surface area contributed by atoms with Gasteiger partial charge < -0.3 is 19.9 Å². The molecule has 0 spiro atoms. The second-order valence-corrected chi connectivity index (χ2v) is 6.37. The number of carboxylic acids is 1. The van der Waals surface area contributed by atoms with E-state index in [-0.39, 0.29) is 11.3 Å². The summed E-state index contributed by atoms with van der Waals surface area (Å²) in [5, 5.41) is 12.1. The van der Waals surface area contributed by atoms with Crippen molar-refractivity contribution in [3.05, 3.63) is 83.9 Å². The summed E-state index contributed by atoms with van der Waals surface area (Å²) >= 11 is 0. The van der Waals surface area contributed by atoms with E-state index < -0.39 is 11.9 Å². The molecule has 6 nitrogen and oxygen atoms in total. The van der Waals surface area contributed by atoms with E-state index in [1.165, 1.54) is 19.3 Å². The van der Waals surface area contributed by atoms with Crippen molar-refractivity contribution in [2.75, 3.05) is 19.5 Å². The Labute approximate surface area is 174 Å². The fraction of sp³-hybridized carbons (Fsp3) is 0.0833. The lowest BCUT2D eigenvalue weighted by atomic mass is 10.0. The first-order chi connectivity index (χ1) is 14.5. The molecule has 0 aliphatic heterocycles. The third-order valence-corrected chi connectivity index (χ3v) is 4.45. The maximum atomic E-state index is 12.4. The molecule has 3 rings (SSSR count). The van der Waals surface area contributed by atoms with E-state index in [4.69, 9.17) is 9.47 Å². The molecular weight excluding hydrogens is 382 g/mol. The van der Waals surface area contributed by atoms with Crippen LogP contribution in [-0.4, -0.2) is 31.2 Å². The third kappa shape index (κ3) is 4.86. The summed E-state index contributed by atoms with van der Waals surface area (Å²) in [5.74, 6) is -0.432. The van der Waals surface area contributed by atoms with E-state index >= 15 is 0 Å².